The van der Waals surface area contributed by atoms with Crippen LogP contribution >= 0.6 is 23.2 Å². The lowest BCUT2D eigenvalue weighted by molar-refractivity contribution is 0.0476. The fourth-order valence-corrected chi connectivity index (χ4v) is 3.19. The highest BCUT2D eigenvalue weighted by Gasteiger charge is 2.07. The van der Waals surface area contributed by atoms with Crippen molar-refractivity contribution in [1.82, 2.24) is 0 Å². The third kappa shape index (κ3) is 15.6. The highest BCUT2D eigenvalue weighted by atomic mass is 35.5. The number of esters is 2. The van der Waals surface area contributed by atoms with E-state index in [1.54, 1.807) is 36.4 Å². The van der Waals surface area contributed by atoms with E-state index in [0.717, 1.165) is 36.8 Å². The fraction of sp³-hybridized carbons (Fsp3) is 0.400. The van der Waals surface area contributed by atoms with Crippen LogP contribution in [-0.4, -0.2) is 63.3 Å². The van der Waals surface area contributed by atoms with Crippen LogP contribution in [0.5, 0.6) is 0 Å². The molecule has 2 rings (SSSR count). The topological polar surface area (TPSA) is 71.1 Å². The first-order chi connectivity index (χ1) is 18.5. The van der Waals surface area contributed by atoms with E-state index in [4.69, 9.17) is 42.1 Å². The smallest absolute Gasteiger partial charge is 0.338 e. The van der Waals surface area contributed by atoms with Crippen LogP contribution in [-0.2, 0) is 18.9 Å². The van der Waals surface area contributed by atoms with Gasteiger partial charge in [-0.2, -0.15) is 0 Å². The minimum atomic E-state index is -0.301. The van der Waals surface area contributed by atoms with Gasteiger partial charge in [0.05, 0.1) is 37.6 Å². The third-order valence-corrected chi connectivity index (χ3v) is 5.32. The molecule has 0 aromatic heterocycles. The van der Waals surface area contributed by atoms with E-state index >= 15 is 0 Å². The van der Waals surface area contributed by atoms with E-state index in [1.165, 1.54) is 0 Å². The number of carbonyl (C=O) groups is 2. The first-order valence-corrected chi connectivity index (χ1v) is 13.7. The summed E-state index contributed by atoms with van der Waals surface area (Å²) >= 11 is 10.9. The van der Waals surface area contributed by atoms with E-state index in [0.29, 0.717) is 62.5 Å². The summed E-state index contributed by atoms with van der Waals surface area (Å²) in [7, 11) is 0. The van der Waals surface area contributed by atoms with Crippen molar-refractivity contribution in [1.29, 1.82) is 0 Å². The normalized spacial score (nSPS) is 10.2. The van der Waals surface area contributed by atoms with Gasteiger partial charge in [0, 0.05) is 25.0 Å². The number of ether oxygens (including phenoxy) is 4. The van der Waals surface area contributed by atoms with Crippen LogP contribution in [0, 0.1) is 0 Å². The van der Waals surface area contributed by atoms with Gasteiger partial charge in [-0.25, -0.2) is 9.59 Å². The highest BCUT2D eigenvalue weighted by molar-refractivity contribution is 6.18. The molecule has 8 heteroatoms. The quantitative estimate of drug-likeness (QED) is 0.110. The van der Waals surface area contributed by atoms with Gasteiger partial charge in [-0.05, 0) is 61.1 Å². The number of unbranched alkanes of at least 4 members (excludes halogenated alkanes) is 2. The molecule has 0 N–H and O–H groups in total. The van der Waals surface area contributed by atoms with E-state index in [2.05, 4.69) is 13.2 Å². The Hall–Kier alpha value is -2.64. The zero-order valence-electron chi connectivity index (χ0n) is 21.9. The van der Waals surface area contributed by atoms with Crippen molar-refractivity contribution in [3.05, 3.63) is 83.9 Å². The van der Waals surface area contributed by atoms with E-state index in [9.17, 15) is 9.59 Å². The lowest BCUT2D eigenvalue weighted by Gasteiger charge is -2.05. The Morgan fingerprint density at radius 1 is 0.632 bits per heavy atom. The maximum Gasteiger partial charge on any atom is 0.338 e. The molecular weight excluding hydrogens is 527 g/mol. The predicted molar refractivity (Wildman–Crippen MR) is 155 cm³/mol. The monoisotopic (exact) mass is 564 g/mol. The van der Waals surface area contributed by atoms with Gasteiger partial charge in [0.1, 0.15) is 0 Å². The number of carbonyl (C=O) groups excluding carboxylic acids is 2. The molecule has 0 aliphatic heterocycles. The number of halogens is 2. The Labute approximate surface area is 236 Å². The van der Waals surface area contributed by atoms with Crippen molar-refractivity contribution in [2.45, 2.75) is 25.7 Å². The minimum absolute atomic E-state index is 0.294. The molecule has 0 aliphatic carbocycles. The number of rotatable bonds is 18. The Kier molecular flexibility index (Phi) is 19.6. The van der Waals surface area contributed by atoms with Gasteiger partial charge in [-0.15, -0.1) is 23.2 Å². The average Bonchev–Trinajstić information content (AvgIpc) is 2.96. The SMILES string of the molecule is C=Cc1ccc(C(=O)OCCCCOCCCl)cc1.C=Cc1cccc(C(=O)OCCCCOCCCl)c1. The highest BCUT2D eigenvalue weighted by Crippen LogP contribution is 2.09. The molecule has 0 amide bonds. The molecule has 0 saturated carbocycles. The number of hydrogen-bond donors (Lipinski definition) is 0. The third-order valence-electron chi connectivity index (χ3n) is 5.02. The molecule has 6 nitrogen and oxygen atoms in total. The standard InChI is InChI=1S/2C15H19ClO3/c1-2-13-5-7-14(8-6-13)15(17)19-11-4-3-10-18-12-9-16;1-2-13-6-5-7-14(12-13)15(17)19-10-4-3-9-18-11-8-16/h2,5-8H,1,3-4,9-12H2;2,5-7,12H,1,3-4,8-11H2. The lowest BCUT2D eigenvalue weighted by Crippen LogP contribution is -2.07. The van der Waals surface area contributed by atoms with Crippen LogP contribution in [0.25, 0.3) is 12.2 Å². The Morgan fingerprint density at radius 2 is 1.13 bits per heavy atom. The van der Waals surface area contributed by atoms with Gasteiger partial charge in [-0.1, -0.05) is 49.6 Å². The van der Waals surface area contributed by atoms with Crippen LogP contribution < -0.4 is 0 Å². The number of benzene rings is 2. The zero-order chi connectivity index (χ0) is 27.8. The van der Waals surface area contributed by atoms with Gasteiger partial charge < -0.3 is 18.9 Å². The first kappa shape index (κ1) is 33.4. The summed E-state index contributed by atoms with van der Waals surface area (Å²) in [5.74, 6) is 0.423. The molecule has 2 aromatic carbocycles. The Balaban J connectivity index is 0.000000380. The van der Waals surface area contributed by atoms with Gasteiger partial charge in [0.15, 0.2) is 0 Å². The zero-order valence-corrected chi connectivity index (χ0v) is 23.4. The number of hydrogen-bond acceptors (Lipinski definition) is 6. The molecule has 0 unspecified atom stereocenters. The van der Waals surface area contributed by atoms with Crippen LogP contribution in [0.4, 0.5) is 0 Å². The van der Waals surface area contributed by atoms with Crippen molar-refractivity contribution in [2.24, 2.45) is 0 Å². The summed E-state index contributed by atoms with van der Waals surface area (Å²) in [4.78, 5) is 23.4. The van der Waals surface area contributed by atoms with E-state index < -0.39 is 0 Å². The van der Waals surface area contributed by atoms with Gasteiger partial charge >= 0.3 is 11.9 Å². The molecule has 0 aliphatic rings. The van der Waals surface area contributed by atoms with Gasteiger partial charge in [-0.3, -0.25) is 0 Å². The van der Waals surface area contributed by atoms with Crippen LogP contribution in [0.1, 0.15) is 57.5 Å². The van der Waals surface area contributed by atoms with Crippen molar-refractivity contribution < 1.29 is 28.5 Å². The van der Waals surface area contributed by atoms with Gasteiger partial charge in [0.2, 0.25) is 0 Å². The number of alkyl halides is 2. The summed E-state index contributed by atoms with van der Waals surface area (Å²) < 4.78 is 20.8. The van der Waals surface area contributed by atoms with Crippen LogP contribution in [0.15, 0.2) is 61.7 Å². The summed E-state index contributed by atoms with van der Waals surface area (Å²) in [6, 6.07) is 14.3. The fourth-order valence-electron chi connectivity index (χ4n) is 2.97. The molecule has 0 spiro atoms. The van der Waals surface area contributed by atoms with Crippen molar-refractivity contribution in [3.63, 3.8) is 0 Å². The molecule has 0 fully saturated rings. The van der Waals surface area contributed by atoms with Crippen molar-refractivity contribution in [2.75, 3.05) is 51.4 Å². The Morgan fingerprint density at radius 3 is 1.63 bits per heavy atom. The first-order valence-electron chi connectivity index (χ1n) is 12.6. The maximum absolute atomic E-state index is 11.7. The molecule has 0 bridgehead atoms. The summed E-state index contributed by atoms with van der Waals surface area (Å²) in [6.45, 7) is 10.6. The van der Waals surface area contributed by atoms with Crippen molar-refractivity contribution in [3.8, 4) is 0 Å². The molecule has 208 valence electrons. The van der Waals surface area contributed by atoms with Crippen molar-refractivity contribution >= 4 is 47.3 Å². The molecule has 0 radical (unpaired) electrons. The second-order valence-corrected chi connectivity index (χ2v) is 8.70. The molecule has 0 saturated heterocycles. The molecular formula is C30H38Cl2O6. The average molecular weight is 566 g/mol. The van der Waals surface area contributed by atoms with Crippen LogP contribution in [0.3, 0.4) is 0 Å². The largest absolute Gasteiger partial charge is 0.462 e. The predicted octanol–water partition coefficient (Wildman–Crippen LogP) is 7.04. The summed E-state index contributed by atoms with van der Waals surface area (Å²) in [6.07, 6.45) is 6.73. The van der Waals surface area contributed by atoms with E-state index in [-0.39, 0.29) is 11.9 Å². The van der Waals surface area contributed by atoms with E-state index in [1.807, 2.05) is 24.3 Å². The maximum atomic E-state index is 11.7. The second kappa shape index (κ2) is 22.4. The molecule has 0 atom stereocenters. The minimum Gasteiger partial charge on any atom is -0.462 e. The molecule has 0 heterocycles. The van der Waals surface area contributed by atoms with Gasteiger partial charge in [0.25, 0.3) is 0 Å². The second-order valence-electron chi connectivity index (χ2n) is 7.94. The summed E-state index contributed by atoms with van der Waals surface area (Å²) in [5.41, 5.74) is 3.00. The lowest BCUT2D eigenvalue weighted by atomic mass is 10.1. The Bertz CT molecular complexity index is 946. The molecule has 38 heavy (non-hydrogen) atoms. The van der Waals surface area contributed by atoms with Crippen LogP contribution in [0.2, 0.25) is 0 Å². The molecule has 2 aromatic rings. The summed E-state index contributed by atoms with van der Waals surface area (Å²) in [5, 5.41) is 0.